The number of rotatable bonds is 4. The van der Waals surface area contributed by atoms with Gasteiger partial charge in [0.2, 0.25) is 0 Å². The molecule has 0 spiro atoms. The van der Waals surface area contributed by atoms with E-state index in [9.17, 15) is 14.3 Å². The number of ether oxygens (including phenoxy) is 1. The third-order valence-electron chi connectivity index (χ3n) is 4.50. The monoisotopic (exact) mass is 360 g/mol. The highest BCUT2D eigenvalue weighted by molar-refractivity contribution is 5.67. The topological polar surface area (TPSA) is 102 Å². The molecule has 0 radical (unpaired) electrons. The molecule has 0 aliphatic carbocycles. The van der Waals surface area contributed by atoms with Crippen LogP contribution in [0.1, 0.15) is 31.3 Å². The van der Waals surface area contributed by atoms with Crippen LogP contribution in [0.25, 0.3) is 11.1 Å². The summed E-state index contributed by atoms with van der Waals surface area (Å²) in [5, 5.41) is 9.41. The normalized spacial score (nSPS) is 21.8. The van der Waals surface area contributed by atoms with Crippen LogP contribution in [0.15, 0.2) is 36.7 Å². The standard InChI is InChI=1S/C18H21FN4O3/c1-18(2)23(17(24)25)14(7-19)16(26-18)12-5-3-11(4-6-12)13-9-21-15(8-20)22-10-13/h3-6,9-10,14,16H,7-8,20H2,1-2H3,(H,24,25). The van der Waals surface area contributed by atoms with Crippen molar-refractivity contribution in [3.63, 3.8) is 0 Å². The number of hydrogen-bond donors (Lipinski definition) is 2. The summed E-state index contributed by atoms with van der Waals surface area (Å²) in [6.45, 7) is 2.69. The van der Waals surface area contributed by atoms with Gasteiger partial charge in [0.15, 0.2) is 0 Å². The Labute approximate surface area is 150 Å². The van der Waals surface area contributed by atoms with E-state index in [0.29, 0.717) is 11.4 Å². The van der Waals surface area contributed by atoms with Gasteiger partial charge in [-0.2, -0.15) is 0 Å². The quantitative estimate of drug-likeness (QED) is 0.869. The predicted octanol–water partition coefficient (Wildman–Crippen LogP) is 2.73. The summed E-state index contributed by atoms with van der Waals surface area (Å²) in [6, 6.07) is 6.43. The molecule has 1 saturated heterocycles. The fourth-order valence-electron chi connectivity index (χ4n) is 3.27. The van der Waals surface area contributed by atoms with E-state index in [-0.39, 0.29) is 6.54 Å². The molecule has 2 atom stereocenters. The lowest BCUT2D eigenvalue weighted by Crippen LogP contribution is -2.48. The Balaban J connectivity index is 1.86. The van der Waals surface area contributed by atoms with E-state index < -0.39 is 30.6 Å². The van der Waals surface area contributed by atoms with Crippen molar-refractivity contribution in [2.24, 2.45) is 5.73 Å². The van der Waals surface area contributed by atoms with Gasteiger partial charge in [0.1, 0.15) is 24.3 Å². The molecule has 1 aliphatic heterocycles. The van der Waals surface area contributed by atoms with Crippen LogP contribution in [0.4, 0.5) is 9.18 Å². The van der Waals surface area contributed by atoms with Crippen molar-refractivity contribution in [2.45, 2.75) is 38.3 Å². The first kappa shape index (κ1) is 18.2. The summed E-state index contributed by atoms with van der Waals surface area (Å²) in [5.41, 5.74) is 6.83. The van der Waals surface area contributed by atoms with Crippen LogP contribution < -0.4 is 5.73 Å². The Kier molecular flexibility index (Phi) is 4.88. The molecule has 3 N–H and O–H groups in total. The molecule has 2 heterocycles. The molecule has 0 bridgehead atoms. The van der Waals surface area contributed by atoms with Crippen LogP contribution in [0, 0.1) is 0 Å². The highest BCUT2D eigenvalue weighted by Gasteiger charge is 2.50. The van der Waals surface area contributed by atoms with Crippen molar-refractivity contribution in [3.8, 4) is 11.1 Å². The maximum atomic E-state index is 13.6. The molecule has 1 aromatic heterocycles. The number of nitrogens with two attached hydrogens (primary N) is 1. The van der Waals surface area contributed by atoms with Crippen molar-refractivity contribution in [1.82, 2.24) is 14.9 Å². The second-order valence-electron chi connectivity index (χ2n) is 6.57. The van der Waals surface area contributed by atoms with Crippen LogP contribution in [0.2, 0.25) is 0 Å². The summed E-state index contributed by atoms with van der Waals surface area (Å²) in [7, 11) is 0. The van der Waals surface area contributed by atoms with Crippen molar-refractivity contribution in [2.75, 3.05) is 6.67 Å². The van der Waals surface area contributed by atoms with Gasteiger partial charge in [-0.1, -0.05) is 24.3 Å². The molecule has 8 heteroatoms. The highest BCUT2D eigenvalue weighted by atomic mass is 19.1. The van der Waals surface area contributed by atoms with Gasteiger partial charge in [-0.05, 0) is 25.0 Å². The lowest BCUT2D eigenvalue weighted by atomic mass is 10.00. The maximum Gasteiger partial charge on any atom is 0.410 e. The summed E-state index contributed by atoms with van der Waals surface area (Å²) in [4.78, 5) is 20.9. The zero-order valence-corrected chi connectivity index (χ0v) is 14.6. The van der Waals surface area contributed by atoms with E-state index in [1.165, 1.54) is 0 Å². The van der Waals surface area contributed by atoms with Crippen molar-refractivity contribution < 1.29 is 19.0 Å². The summed E-state index contributed by atoms with van der Waals surface area (Å²) in [6.07, 6.45) is 1.51. The Morgan fingerprint density at radius 1 is 1.27 bits per heavy atom. The van der Waals surface area contributed by atoms with Crippen LogP contribution in [-0.4, -0.2) is 44.5 Å². The Morgan fingerprint density at radius 3 is 2.38 bits per heavy atom. The first-order chi connectivity index (χ1) is 12.4. The minimum absolute atomic E-state index is 0.277. The van der Waals surface area contributed by atoms with Crippen LogP contribution in [0.5, 0.6) is 0 Å². The Morgan fingerprint density at radius 2 is 1.88 bits per heavy atom. The van der Waals surface area contributed by atoms with Gasteiger partial charge in [-0.3, -0.25) is 4.90 Å². The number of hydrogen-bond acceptors (Lipinski definition) is 5. The van der Waals surface area contributed by atoms with Crippen molar-refractivity contribution in [1.29, 1.82) is 0 Å². The molecular weight excluding hydrogens is 339 g/mol. The van der Waals surface area contributed by atoms with E-state index in [1.807, 2.05) is 12.1 Å². The fraction of sp³-hybridized carbons (Fsp3) is 0.389. The molecular formula is C18H21FN4O3. The summed E-state index contributed by atoms with van der Waals surface area (Å²) < 4.78 is 19.4. The molecule has 1 aliphatic rings. The lowest BCUT2D eigenvalue weighted by Gasteiger charge is -2.29. The summed E-state index contributed by atoms with van der Waals surface area (Å²) >= 11 is 0. The average Bonchev–Trinajstić information content (AvgIpc) is 2.92. The molecule has 1 amide bonds. The molecule has 7 nitrogen and oxygen atoms in total. The zero-order valence-electron chi connectivity index (χ0n) is 14.6. The van der Waals surface area contributed by atoms with Gasteiger partial charge in [-0.15, -0.1) is 0 Å². The number of alkyl halides is 1. The first-order valence-corrected chi connectivity index (χ1v) is 8.24. The molecule has 0 saturated carbocycles. The third-order valence-corrected chi connectivity index (χ3v) is 4.50. The predicted molar refractivity (Wildman–Crippen MR) is 92.9 cm³/mol. The number of carbonyl (C=O) groups is 1. The first-order valence-electron chi connectivity index (χ1n) is 8.24. The van der Waals surface area contributed by atoms with Crippen molar-refractivity contribution in [3.05, 3.63) is 48.0 Å². The number of nitrogens with zero attached hydrogens (tertiary/aromatic N) is 3. The SMILES string of the molecule is CC1(C)OC(c2ccc(-c3cnc(CN)nc3)cc2)C(CF)N1C(=O)O. The molecule has 138 valence electrons. The fourth-order valence-corrected chi connectivity index (χ4v) is 3.27. The third kappa shape index (κ3) is 3.25. The summed E-state index contributed by atoms with van der Waals surface area (Å²) in [5.74, 6) is 0.562. The van der Waals surface area contributed by atoms with Gasteiger partial charge in [-0.25, -0.2) is 19.2 Å². The second-order valence-corrected chi connectivity index (χ2v) is 6.57. The van der Waals surface area contributed by atoms with Gasteiger partial charge >= 0.3 is 6.09 Å². The van der Waals surface area contributed by atoms with E-state index in [0.717, 1.165) is 16.0 Å². The van der Waals surface area contributed by atoms with Crippen LogP contribution in [-0.2, 0) is 11.3 Å². The average molecular weight is 360 g/mol. The zero-order chi connectivity index (χ0) is 18.9. The Bertz CT molecular complexity index is 780. The van der Waals surface area contributed by atoms with Gasteiger partial charge < -0.3 is 15.6 Å². The molecule has 1 fully saturated rings. The van der Waals surface area contributed by atoms with E-state index >= 15 is 0 Å². The molecule has 2 aromatic rings. The van der Waals surface area contributed by atoms with E-state index in [2.05, 4.69) is 9.97 Å². The number of carboxylic acid groups (broad SMARTS) is 1. The number of aromatic nitrogens is 2. The molecule has 26 heavy (non-hydrogen) atoms. The van der Waals surface area contributed by atoms with Crippen LogP contribution in [0.3, 0.4) is 0 Å². The Hall–Kier alpha value is -2.58. The molecule has 3 rings (SSSR count). The highest BCUT2D eigenvalue weighted by Crippen LogP contribution is 2.41. The number of benzene rings is 1. The maximum absolute atomic E-state index is 13.6. The molecule has 2 unspecified atom stereocenters. The number of halogens is 1. The van der Waals surface area contributed by atoms with Gasteiger partial charge in [0, 0.05) is 18.0 Å². The van der Waals surface area contributed by atoms with Crippen molar-refractivity contribution >= 4 is 6.09 Å². The smallest absolute Gasteiger partial charge is 0.410 e. The molecule has 1 aromatic carbocycles. The van der Waals surface area contributed by atoms with Gasteiger partial charge in [0.25, 0.3) is 0 Å². The minimum atomic E-state index is -1.20. The van der Waals surface area contributed by atoms with E-state index in [1.54, 1.807) is 38.4 Å². The largest absolute Gasteiger partial charge is 0.465 e. The number of amides is 1. The van der Waals surface area contributed by atoms with E-state index in [4.69, 9.17) is 10.5 Å². The van der Waals surface area contributed by atoms with Crippen LogP contribution >= 0.6 is 0 Å². The lowest BCUT2D eigenvalue weighted by molar-refractivity contribution is -0.0674. The minimum Gasteiger partial charge on any atom is -0.465 e. The second kappa shape index (κ2) is 6.97. The van der Waals surface area contributed by atoms with Gasteiger partial charge in [0.05, 0.1) is 12.6 Å².